The SMILES string of the molecule is C[C@@H]1CN([C@H](C)CO)C(=O)c2cc(NC(=O)Nc3cccc4ccccc34)ccc2O[C@@H](C)CCCCO[C@H]1CN(C)S(=O)(=O)c1ccccc1. The van der Waals surface area contributed by atoms with Crippen molar-refractivity contribution in [1.29, 1.82) is 0 Å². The lowest BCUT2D eigenvalue weighted by Crippen LogP contribution is -2.48. The Balaban J connectivity index is 1.42. The Morgan fingerprint density at radius 2 is 1.71 bits per heavy atom. The molecule has 1 aliphatic heterocycles. The van der Waals surface area contributed by atoms with Gasteiger partial charge in [0.1, 0.15) is 5.75 Å². The second-order valence-corrected chi connectivity index (χ2v) is 15.3. The van der Waals surface area contributed by atoms with Gasteiger partial charge in [-0.05, 0) is 74.9 Å². The van der Waals surface area contributed by atoms with Crippen LogP contribution in [-0.2, 0) is 14.8 Å². The quantitative estimate of drug-likeness (QED) is 0.187. The number of urea groups is 1. The molecule has 1 heterocycles. The van der Waals surface area contributed by atoms with E-state index in [1.807, 2.05) is 56.3 Å². The molecule has 0 aromatic heterocycles. The Bertz CT molecular complexity index is 1900. The number of likely N-dealkylation sites (N-methyl/N-ethyl adjacent to an activating group) is 1. The molecule has 0 saturated carbocycles. The summed E-state index contributed by atoms with van der Waals surface area (Å²) < 4.78 is 40.8. The molecule has 4 atom stereocenters. The summed E-state index contributed by atoms with van der Waals surface area (Å²) >= 11 is 0. The number of fused-ring (bicyclic) bond motifs is 2. The van der Waals surface area contributed by atoms with Crippen molar-refractivity contribution in [2.45, 2.75) is 63.2 Å². The van der Waals surface area contributed by atoms with Crippen molar-refractivity contribution >= 4 is 44.1 Å². The number of benzene rings is 4. The topological polar surface area (TPSA) is 138 Å². The predicted octanol–water partition coefficient (Wildman–Crippen LogP) is 6.60. The van der Waals surface area contributed by atoms with Gasteiger partial charge in [0.25, 0.3) is 5.91 Å². The van der Waals surface area contributed by atoms with E-state index in [9.17, 15) is 23.1 Å². The molecular weight excluding hydrogens is 669 g/mol. The Morgan fingerprint density at radius 3 is 2.47 bits per heavy atom. The van der Waals surface area contributed by atoms with Crippen LogP contribution in [-0.4, -0.2) is 86.3 Å². The average molecular weight is 717 g/mol. The van der Waals surface area contributed by atoms with E-state index in [0.717, 1.165) is 23.6 Å². The third-order valence-electron chi connectivity index (χ3n) is 9.24. The lowest BCUT2D eigenvalue weighted by atomic mass is 10.0. The van der Waals surface area contributed by atoms with Gasteiger partial charge in [0.15, 0.2) is 0 Å². The first-order chi connectivity index (χ1) is 24.5. The largest absolute Gasteiger partial charge is 0.490 e. The van der Waals surface area contributed by atoms with Crippen LogP contribution in [0, 0.1) is 5.92 Å². The monoisotopic (exact) mass is 716 g/mol. The van der Waals surface area contributed by atoms with Gasteiger partial charge in [-0.1, -0.05) is 61.5 Å². The van der Waals surface area contributed by atoms with E-state index in [2.05, 4.69) is 10.6 Å². The van der Waals surface area contributed by atoms with Crippen LogP contribution < -0.4 is 15.4 Å². The van der Waals surface area contributed by atoms with Crippen molar-refractivity contribution in [2.75, 3.05) is 44.0 Å². The smallest absolute Gasteiger partial charge is 0.323 e. The number of nitrogens with one attached hydrogen (secondary N) is 2. The standard InChI is InChI=1S/C39H48N4O7S/c1-27-24-43(28(2)26-44)38(45)34-23-31(40-39(46)41-35-19-12-15-30-14-8-9-18-33(30)35)20-21-36(34)50-29(3)13-10-11-22-49-37(27)25-42(4)51(47,48)32-16-6-5-7-17-32/h5-9,12,14-21,23,27-29,37,44H,10-11,13,22,24-26H2,1-4H3,(H2,40,41,46)/t27-,28-,29+,37+/m1/s1. The fraction of sp³-hybridized carbons (Fsp3) is 0.385. The van der Waals surface area contributed by atoms with Crippen LogP contribution in [0.3, 0.4) is 0 Å². The lowest BCUT2D eigenvalue weighted by Gasteiger charge is -2.35. The fourth-order valence-corrected chi connectivity index (χ4v) is 7.41. The maximum atomic E-state index is 14.5. The number of hydrogen-bond acceptors (Lipinski definition) is 7. The summed E-state index contributed by atoms with van der Waals surface area (Å²) in [5.74, 6) is -0.353. The molecule has 4 aromatic carbocycles. The second kappa shape index (κ2) is 17.1. The van der Waals surface area contributed by atoms with Gasteiger partial charge in [-0.2, -0.15) is 4.31 Å². The van der Waals surface area contributed by atoms with Gasteiger partial charge in [-0.25, -0.2) is 13.2 Å². The third-order valence-corrected chi connectivity index (χ3v) is 11.1. The number of rotatable bonds is 8. The van der Waals surface area contributed by atoms with Gasteiger partial charge in [0.05, 0.1) is 41.0 Å². The molecule has 0 spiro atoms. The summed E-state index contributed by atoms with van der Waals surface area (Å²) in [7, 11) is -2.25. The number of sulfonamides is 1. The fourth-order valence-electron chi connectivity index (χ4n) is 6.21. The number of hydrogen-bond donors (Lipinski definition) is 3. The molecule has 1 aliphatic rings. The van der Waals surface area contributed by atoms with Crippen LogP contribution in [0.4, 0.5) is 16.2 Å². The van der Waals surface area contributed by atoms with E-state index < -0.39 is 34.1 Å². The Labute approximate surface area is 300 Å². The van der Waals surface area contributed by atoms with E-state index >= 15 is 0 Å². The lowest BCUT2D eigenvalue weighted by molar-refractivity contribution is -0.00833. The van der Waals surface area contributed by atoms with E-state index in [1.54, 1.807) is 60.4 Å². The Kier molecular flexibility index (Phi) is 12.7. The molecule has 11 nitrogen and oxygen atoms in total. The highest BCUT2D eigenvalue weighted by molar-refractivity contribution is 7.89. The molecular formula is C39H48N4O7S. The molecule has 3 amide bonds. The van der Waals surface area contributed by atoms with Gasteiger partial charge < -0.3 is 30.1 Å². The van der Waals surface area contributed by atoms with Gasteiger partial charge >= 0.3 is 6.03 Å². The van der Waals surface area contributed by atoms with Gasteiger partial charge in [-0.3, -0.25) is 4.79 Å². The summed E-state index contributed by atoms with van der Waals surface area (Å²) in [5, 5.41) is 17.9. The van der Waals surface area contributed by atoms with Gasteiger partial charge in [0, 0.05) is 43.7 Å². The number of aliphatic hydroxyl groups is 1. The highest BCUT2D eigenvalue weighted by Crippen LogP contribution is 2.29. The highest BCUT2D eigenvalue weighted by atomic mass is 32.2. The number of nitrogens with zero attached hydrogens (tertiary/aromatic N) is 2. The van der Waals surface area contributed by atoms with Crippen LogP contribution in [0.25, 0.3) is 10.8 Å². The zero-order valence-electron chi connectivity index (χ0n) is 29.6. The van der Waals surface area contributed by atoms with Gasteiger partial charge in [-0.15, -0.1) is 0 Å². The summed E-state index contributed by atoms with van der Waals surface area (Å²) in [6.45, 7) is 5.95. The zero-order valence-corrected chi connectivity index (χ0v) is 30.4. The normalized spacial score (nSPS) is 19.8. The highest BCUT2D eigenvalue weighted by Gasteiger charge is 2.32. The minimum Gasteiger partial charge on any atom is -0.490 e. The van der Waals surface area contributed by atoms with Crippen LogP contribution in [0.2, 0.25) is 0 Å². The molecule has 3 N–H and O–H groups in total. The average Bonchev–Trinajstić information content (AvgIpc) is 3.13. The molecule has 0 aliphatic carbocycles. The van der Waals surface area contributed by atoms with Crippen molar-refractivity contribution in [1.82, 2.24) is 9.21 Å². The van der Waals surface area contributed by atoms with Crippen molar-refractivity contribution < 1.29 is 32.6 Å². The number of amides is 3. The zero-order chi connectivity index (χ0) is 36.5. The first kappa shape index (κ1) is 37.8. The maximum absolute atomic E-state index is 14.5. The summed E-state index contributed by atoms with van der Waals surface area (Å²) in [6.07, 6.45) is 1.46. The van der Waals surface area contributed by atoms with E-state index in [4.69, 9.17) is 9.47 Å². The first-order valence-corrected chi connectivity index (χ1v) is 18.8. The van der Waals surface area contributed by atoms with Crippen LogP contribution in [0.15, 0.2) is 95.9 Å². The molecule has 0 fully saturated rings. The second-order valence-electron chi connectivity index (χ2n) is 13.2. The van der Waals surface area contributed by atoms with Crippen molar-refractivity contribution in [3.8, 4) is 5.75 Å². The number of carbonyl (C=O) groups is 2. The Hall–Kier alpha value is -4.49. The predicted molar refractivity (Wildman–Crippen MR) is 200 cm³/mol. The van der Waals surface area contributed by atoms with Crippen molar-refractivity contribution in [2.24, 2.45) is 5.92 Å². The molecule has 272 valence electrons. The molecule has 5 rings (SSSR count). The molecule has 4 aromatic rings. The maximum Gasteiger partial charge on any atom is 0.323 e. The Morgan fingerprint density at radius 1 is 0.980 bits per heavy atom. The number of ether oxygens (including phenoxy) is 2. The molecule has 12 heteroatoms. The van der Waals surface area contributed by atoms with E-state index in [0.29, 0.717) is 30.2 Å². The number of anilines is 2. The van der Waals surface area contributed by atoms with Gasteiger partial charge in [0.2, 0.25) is 10.0 Å². The summed E-state index contributed by atoms with van der Waals surface area (Å²) in [6, 6.07) is 25.6. The van der Waals surface area contributed by atoms with Crippen molar-refractivity contribution in [3.63, 3.8) is 0 Å². The molecule has 0 saturated heterocycles. The minimum absolute atomic E-state index is 0.0733. The number of carbonyl (C=O) groups excluding carboxylic acids is 2. The molecule has 0 radical (unpaired) electrons. The van der Waals surface area contributed by atoms with E-state index in [1.165, 1.54) is 11.4 Å². The first-order valence-electron chi connectivity index (χ1n) is 17.4. The van der Waals surface area contributed by atoms with Crippen LogP contribution in [0.1, 0.15) is 50.4 Å². The van der Waals surface area contributed by atoms with E-state index in [-0.39, 0.29) is 42.2 Å². The van der Waals surface area contributed by atoms with Crippen LogP contribution in [0.5, 0.6) is 5.75 Å². The molecule has 51 heavy (non-hydrogen) atoms. The summed E-state index contributed by atoms with van der Waals surface area (Å²) in [5.41, 5.74) is 1.26. The number of aliphatic hydroxyl groups excluding tert-OH is 1. The van der Waals surface area contributed by atoms with Crippen molar-refractivity contribution in [3.05, 3.63) is 96.6 Å². The summed E-state index contributed by atoms with van der Waals surface area (Å²) in [4.78, 5) is 29.4. The minimum atomic E-state index is -3.78. The molecule has 0 unspecified atom stereocenters. The third kappa shape index (κ3) is 9.44. The van der Waals surface area contributed by atoms with Crippen LogP contribution >= 0.6 is 0 Å². The molecule has 0 bridgehead atoms.